The number of aromatic nitrogens is 1. The summed E-state index contributed by atoms with van der Waals surface area (Å²) in [5.74, 6) is 0.845. The van der Waals surface area contributed by atoms with Crippen LogP contribution in [0.25, 0.3) is 0 Å². The van der Waals surface area contributed by atoms with Gasteiger partial charge in [0.2, 0.25) is 0 Å². The Kier molecular flexibility index (Phi) is 4.18. The molecule has 2 rings (SSSR count). The molecule has 0 amide bonds. The van der Waals surface area contributed by atoms with E-state index in [4.69, 9.17) is 4.74 Å². The number of hydrogen-bond donors (Lipinski definition) is 0. The van der Waals surface area contributed by atoms with E-state index in [1.165, 1.54) is 12.8 Å². The number of rotatable bonds is 6. The van der Waals surface area contributed by atoms with Crippen molar-refractivity contribution in [1.29, 1.82) is 0 Å². The van der Waals surface area contributed by atoms with Crippen LogP contribution in [0.1, 0.15) is 12.8 Å². The van der Waals surface area contributed by atoms with Crippen molar-refractivity contribution in [3.8, 4) is 0 Å². The van der Waals surface area contributed by atoms with Crippen molar-refractivity contribution < 1.29 is 4.74 Å². The summed E-state index contributed by atoms with van der Waals surface area (Å²) in [6, 6.07) is 2.06. The summed E-state index contributed by atoms with van der Waals surface area (Å²) in [6.07, 6.45) is 6.36. The fourth-order valence-electron chi connectivity index (χ4n) is 1.47. The van der Waals surface area contributed by atoms with Gasteiger partial charge in [-0.05, 0) is 40.8 Å². The van der Waals surface area contributed by atoms with Gasteiger partial charge < -0.3 is 9.64 Å². The summed E-state index contributed by atoms with van der Waals surface area (Å²) in [7, 11) is 2.06. The lowest BCUT2D eigenvalue weighted by Crippen LogP contribution is -2.23. The summed E-state index contributed by atoms with van der Waals surface area (Å²) in [5.41, 5.74) is 1.12. The first-order valence-electron chi connectivity index (χ1n) is 5.65. The van der Waals surface area contributed by atoms with Crippen LogP contribution in [0.5, 0.6) is 0 Å². The van der Waals surface area contributed by atoms with Crippen molar-refractivity contribution in [2.45, 2.75) is 12.8 Å². The smallest absolute Gasteiger partial charge is 0.0641 e. The van der Waals surface area contributed by atoms with Crippen LogP contribution in [0.2, 0.25) is 0 Å². The highest BCUT2D eigenvalue weighted by atomic mass is 79.9. The molecule has 0 radical (unpaired) electrons. The maximum atomic E-state index is 5.61. The van der Waals surface area contributed by atoms with Crippen LogP contribution < -0.4 is 4.90 Å². The zero-order valence-electron chi connectivity index (χ0n) is 9.53. The van der Waals surface area contributed by atoms with E-state index in [-0.39, 0.29) is 0 Å². The van der Waals surface area contributed by atoms with E-state index in [1.54, 1.807) is 6.20 Å². The predicted molar refractivity (Wildman–Crippen MR) is 68.8 cm³/mol. The average Bonchev–Trinajstić information content (AvgIpc) is 3.08. The maximum Gasteiger partial charge on any atom is 0.0641 e. The van der Waals surface area contributed by atoms with Crippen molar-refractivity contribution >= 4 is 21.6 Å². The molecule has 4 heteroatoms. The SMILES string of the molecule is CN(CCOCC1CC1)c1cncc(Br)c1. The molecule has 1 heterocycles. The number of ether oxygens (including phenoxy) is 1. The van der Waals surface area contributed by atoms with E-state index in [0.29, 0.717) is 0 Å². The Hall–Kier alpha value is -0.610. The molecule has 0 unspecified atom stereocenters. The Morgan fingerprint density at radius 3 is 3.00 bits per heavy atom. The Balaban J connectivity index is 1.71. The Bertz CT molecular complexity index is 342. The second-order valence-electron chi connectivity index (χ2n) is 4.30. The van der Waals surface area contributed by atoms with Crippen LogP contribution >= 0.6 is 15.9 Å². The Labute approximate surface area is 105 Å². The normalized spacial score (nSPS) is 15.1. The molecule has 0 aliphatic heterocycles. The van der Waals surface area contributed by atoms with Crippen LogP contribution in [0, 0.1) is 5.92 Å². The molecule has 1 aliphatic rings. The molecule has 1 saturated carbocycles. The Morgan fingerprint density at radius 2 is 2.31 bits per heavy atom. The lowest BCUT2D eigenvalue weighted by Gasteiger charge is -2.18. The molecule has 0 N–H and O–H groups in total. The molecule has 3 nitrogen and oxygen atoms in total. The van der Waals surface area contributed by atoms with Gasteiger partial charge in [0.25, 0.3) is 0 Å². The van der Waals surface area contributed by atoms with E-state index in [1.807, 2.05) is 6.20 Å². The van der Waals surface area contributed by atoms with Crippen molar-refractivity contribution in [2.75, 3.05) is 31.7 Å². The quantitative estimate of drug-likeness (QED) is 0.751. The fourth-order valence-corrected chi connectivity index (χ4v) is 1.83. The van der Waals surface area contributed by atoms with E-state index >= 15 is 0 Å². The second-order valence-corrected chi connectivity index (χ2v) is 5.22. The molecule has 88 valence electrons. The summed E-state index contributed by atoms with van der Waals surface area (Å²) in [5, 5.41) is 0. The second kappa shape index (κ2) is 5.64. The molecular weight excluding hydrogens is 268 g/mol. The highest BCUT2D eigenvalue weighted by Gasteiger charge is 2.20. The molecule has 1 aromatic rings. The summed E-state index contributed by atoms with van der Waals surface area (Å²) in [6.45, 7) is 2.63. The highest BCUT2D eigenvalue weighted by molar-refractivity contribution is 9.10. The summed E-state index contributed by atoms with van der Waals surface area (Å²) in [4.78, 5) is 6.30. The van der Waals surface area contributed by atoms with Gasteiger partial charge in [0.15, 0.2) is 0 Å². The van der Waals surface area contributed by atoms with Crippen molar-refractivity contribution in [3.63, 3.8) is 0 Å². The molecule has 16 heavy (non-hydrogen) atoms. The van der Waals surface area contributed by atoms with Crippen LogP contribution in [-0.4, -0.2) is 31.8 Å². The third kappa shape index (κ3) is 3.76. The van der Waals surface area contributed by atoms with E-state index in [9.17, 15) is 0 Å². The number of anilines is 1. The molecule has 0 aromatic carbocycles. The minimum Gasteiger partial charge on any atom is -0.379 e. The number of likely N-dealkylation sites (N-methyl/N-ethyl adjacent to an activating group) is 1. The van der Waals surface area contributed by atoms with Gasteiger partial charge in [-0.15, -0.1) is 0 Å². The van der Waals surface area contributed by atoms with Crippen LogP contribution in [-0.2, 0) is 4.74 Å². The van der Waals surface area contributed by atoms with E-state index in [0.717, 1.165) is 35.8 Å². The number of nitrogens with zero attached hydrogens (tertiary/aromatic N) is 2. The van der Waals surface area contributed by atoms with Crippen LogP contribution in [0.4, 0.5) is 5.69 Å². The minimum absolute atomic E-state index is 0.791. The Morgan fingerprint density at radius 1 is 1.50 bits per heavy atom. The topological polar surface area (TPSA) is 25.4 Å². The van der Waals surface area contributed by atoms with Gasteiger partial charge >= 0.3 is 0 Å². The summed E-state index contributed by atoms with van der Waals surface area (Å²) >= 11 is 3.42. The zero-order valence-corrected chi connectivity index (χ0v) is 11.1. The third-order valence-corrected chi connectivity index (χ3v) is 3.19. The molecule has 1 aliphatic carbocycles. The maximum absolute atomic E-state index is 5.61. The number of halogens is 1. The van der Waals surface area contributed by atoms with Gasteiger partial charge in [0.05, 0.1) is 18.5 Å². The lowest BCUT2D eigenvalue weighted by molar-refractivity contribution is 0.131. The molecule has 0 spiro atoms. The molecule has 0 atom stereocenters. The first-order valence-corrected chi connectivity index (χ1v) is 6.44. The third-order valence-electron chi connectivity index (χ3n) is 2.75. The monoisotopic (exact) mass is 284 g/mol. The largest absolute Gasteiger partial charge is 0.379 e. The molecule has 1 fully saturated rings. The van der Waals surface area contributed by atoms with Crippen LogP contribution in [0.15, 0.2) is 22.9 Å². The molecule has 0 saturated heterocycles. The van der Waals surface area contributed by atoms with Crippen molar-refractivity contribution in [2.24, 2.45) is 5.92 Å². The molecule has 1 aromatic heterocycles. The average molecular weight is 285 g/mol. The molecular formula is C12H17BrN2O. The van der Waals surface area contributed by atoms with Gasteiger partial charge in [-0.2, -0.15) is 0 Å². The minimum atomic E-state index is 0.791. The lowest BCUT2D eigenvalue weighted by atomic mass is 10.4. The van der Waals surface area contributed by atoms with Crippen molar-refractivity contribution in [1.82, 2.24) is 4.98 Å². The number of pyridine rings is 1. The standard InChI is InChI=1S/C12H17BrN2O/c1-15(4-5-16-9-10-2-3-10)12-6-11(13)7-14-8-12/h6-8,10H,2-5,9H2,1H3. The van der Waals surface area contributed by atoms with Crippen LogP contribution in [0.3, 0.4) is 0 Å². The first-order chi connectivity index (χ1) is 7.75. The van der Waals surface area contributed by atoms with Gasteiger partial charge in [-0.3, -0.25) is 4.98 Å². The van der Waals surface area contributed by atoms with Gasteiger partial charge in [-0.1, -0.05) is 0 Å². The number of hydrogen-bond acceptors (Lipinski definition) is 3. The zero-order chi connectivity index (χ0) is 11.4. The summed E-state index contributed by atoms with van der Waals surface area (Å²) < 4.78 is 6.62. The van der Waals surface area contributed by atoms with E-state index in [2.05, 4.69) is 38.9 Å². The predicted octanol–water partition coefficient (Wildman–Crippen LogP) is 2.71. The first kappa shape index (κ1) is 11.9. The van der Waals surface area contributed by atoms with Crippen molar-refractivity contribution in [3.05, 3.63) is 22.9 Å². The van der Waals surface area contributed by atoms with Gasteiger partial charge in [-0.25, -0.2) is 0 Å². The fraction of sp³-hybridized carbons (Fsp3) is 0.583. The van der Waals surface area contributed by atoms with E-state index < -0.39 is 0 Å². The highest BCUT2D eigenvalue weighted by Crippen LogP contribution is 2.28. The van der Waals surface area contributed by atoms with Gasteiger partial charge in [0.1, 0.15) is 0 Å². The van der Waals surface area contributed by atoms with Gasteiger partial charge in [0, 0.05) is 30.9 Å². The molecule has 0 bridgehead atoms.